The highest BCUT2D eigenvalue weighted by molar-refractivity contribution is 5.94. The minimum atomic E-state index is -0.298. The molecule has 2 aromatic rings. The lowest BCUT2D eigenvalue weighted by molar-refractivity contribution is 0.0378. The molecule has 0 atom stereocenters. The van der Waals surface area contributed by atoms with E-state index in [4.69, 9.17) is 9.15 Å². The summed E-state index contributed by atoms with van der Waals surface area (Å²) >= 11 is 0. The van der Waals surface area contributed by atoms with Crippen molar-refractivity contribution < 1.29 is 13.9 Å². The molecule has 1 heterocycles. The fourth-order valence-electron chi connectivity index (χ4n) is 1.38. The Morgan fingerprint density at radius 2 is 2.13 bits per heavy atom. The van der Waals surface area contributed by atoms with E-state index in [-0.39, 0.29) is 12.1 Å². The first-order chi connectivity index (χ1) is 7.16. The molecule has 0 fully saturated rings. The fourth-order valence-corrected chi connectivity index (χ4v) is 1.38. The minimum absolute atomic E-state index is 0.0995. The monoisotopic (exact) mass is 204 g/mol. The van der Waals surface area contributed by atoms with E-state index in [0.29, 0.717) is 5.56 Å². The smallest absolute Gasteiger partial charge is 0.338 e. The Labute approximate surface area is 87.6 Å². The summed E-state index contributed by atoms with van der Waals surface area (Å²) in [7, 11) is 0. The molecule has 0 N–H and O–H groups in total. The van der Waals surface area contributed by atoms with E-state index >= 15 is 0 Å². The normalized spacial score (nSPS) is 10.9. The molecule has 0 unspecified atom stereocenters. The average Bonchev–Trinajstić information content (AvgIpc) is 2.62. The molecule has 0 aliphatic carbocycles. The molecule has 0 saturated carbocycles. The zero-order chi connectivity index (χ0) is 10.8. The average molecular weight is 204 g/mol. The Hall–Kier alpha value is -1.77. The summed E-state index contributed by atoms with van der Waals surface area (Å²) in [4.78, 5) is 11.6. The Kier molecular flexibility index (Phi) is 2.46. The van der Waals surface area contributed by atoms with Gasteiger partial charge in [0.15, 0.2) is 0 Å². The van der Waals surface area contributed by atoms with Crippen molar-refractivity contribution >= 4 is 16.9 Å². The third-order valence-corrected chi connectivity index (χ3v) is 2.03. The van der Waals surface area contributed by atoms with E-state index in [9.17, 15) is 4.79 Å². The third-order valence-electron chi connectivity index (χ3n) is 2.03. The van der Waals surface area contributed by atoms with Crippen LogP contribution in [0.2, 0.25) is 0 Å². The Morgan fingerprint density at radius 1 is 1.33 bits per heavy atom. The van der Waals surface area contributed by atoms with Gasteiger partial charge in [-0.3, -0.25) is 0 Å². The largest absolute Gasteiger partial charge is 0.464 e. The van der Waals surface area contributed by atoms with Gasteiger partial charge in [0.25, 0.3) is 0 Å². The van der Waals surface area contributed by atoms with Crippen LogP contribution in [-0.4, -0.2) is 12.1 Å². The lowest BCUT2D eigenvalue weighted by atomic mass is 10.1. The predicted molar refractivity (Wildman–Crippen MR) is 56.8 cm³/mol. The van der Waals surface area contributed by atoms with Gasteiger partial charge in [-0.15, -0.1) is 0 Å². The molecular formula is C12H12O3. The molecule has 0 radical (unpaired) electrons. The molecule has 0 saturated heterocycles. The van der Waals surface area contributed by atoms with Crippen LogP contribution in [0.1, 0.15) is 24.2 Å². The van der Waals surface area contributed by atoms with Gasteiger partial charge >= 0.3 is 5.97 Å². The van der Waals surface area contributed by atoms with Gasteiger partial charge in [-0.2, -0.15) is 0 Å². The highest BCUT2D eigenvalue weighted by atomic mass is 16.5. The van der Waals surface area contributed by atoms with Gasteiger partial charge < -0.3 is 9.15 Å². The Morgan fingerprint density at radius 3 is 2.87 bits per heavy atom. The summed E-state index contributed by atoms with van der Waals surface area (Å²) in [6, 6.07) is 7.06. The number of furan rings is 1. The van der Waals surface area contributed by atoms with Gasteiger partial charge in [-0.1, -0.05) is 0 Å². The van der Waals surface area contributed by atoms with E-state index in [0.717, 1.165) is 11.0 Å². The molecule has 1 aromatic carbocycles. The molecule has 1 aromatic heterocycles. The molecule has 15 heavy (non-hydrogen) atoms. The third kappa shape index (κ3) is 2.01. The molecule has 0 amide bonds. The number of benzene rings is 1. The predicted octanol–water partition coefficient (Wildman–Crippen LogP) is 3.00. The molecule has 0 aliphatic rings. The summed E-state index contributed by atoms with van der Waals surface area (Å²) in [6.07, 6.45) is 1.50. The molecule has 2 rings (SSSR count). The number of carbonyl (C=O) groups is 1. The Bertz CT molecular complexity index is 482. The molecule has 0 aliphatic heterocycles. The maximum Gasteiger partial charge on any atom is 0.338 e. The summed E-state index contributed by atoms with van der Waals surface area (Å²) in [5, 5.41) is 0.910. The van der Waals surface area contributed by atoms with E-state index in [2.05, 4.69) is 0 Å². The van der Waals surface area contributed by atoms with Crippen molar-refractivity contribution in [2.24, 2.45) is 0 Å². The number of hydrogen-bond acceptors (Lipinski definition) is 3. The van der Waals surface area contributed by atoms with Crippen LogP contribution in [0.4, 0.5) is 0 Å². The van der Waals surface area contributed by atoms with Crippen molar-refractivity contribution in [3.63, 3.8) is 0 Å². The van der Waals surface area contributed by atoms with Gasteiger partial charge in [-0.05, 0) is 38.1 Å². The SMILES string of the molecule is CC(C)OC(=O)c1ccc2occc2c1. The van der Waals surface area contributed by atoms with Crippen LogP contribution >= 0.6 is 0 Å². The number of esters is 1. The summed E-state index contributed by atoms with van der Waals surface area (Å²) in [6.45, 7) is 3.66. The second-order valence-corrected chi connectivity index (χ2v) is 3.63. The van der Waals surface area contributed by atoms with Gasteiger partial charge in [-0.25, -0.2) is 4.79 Å². The minimum Gasteiger partial charge on any atom is -0.464 e. The van der Waals surface area contributed by atoms with Gasteiger partial charge in [0.05, 0.1) is 17.9 Å². The highest BCUT2D eigenvalue weighted by Gasteiger charge is 2.10. The number of fused-ring (bicyclic) bond motifs is 1. The van der Waals surface area contributed by atoms with Crippen molar-refractivity contribution in [3.05, 3.63) is 36.1 Å². The van der Waals surface area contributed by atoms with Crippen molar-refractivity contribution in [1.29, 1.82) is 0 Å². The first-order valence-corrected chi connectivity index (χ1v) is 4.85. The van der Waals surface area contributed by atoms with Crippen molar-refractivity contribution in [2.75, 3.05) is 0 Å². The maximum absolute atomic E-state index is 11.6. The lowest BCUT2D eigenvalue weighted by Gasteiger charge is -2.07. The van der Waals surface area contributed by atoms with Crippen molar-refractivity contribution in [2.45, 2.75) is 20.0 Å². The van der Waals surface area contributed by atoms with Gasteiger partial charge in [0.2, 0.25) is 0 Å². The zero-order valence-electron chi connectivity index (χ0n) is 8.69. The second kappa shape index (κ2) is 3.77. The first-order valence-electron chi connectivity index (χ1n) is 4.85. The molecule has 78 valence electrons. The standard InChI is InChI=1S/C12H12O3/c1-8(2)15-12(13)10-3-4-11-9(7-10)5-6-14-11/h3-8H,1-2H3. The molecule has 3 heteroatoms. The van der Waals surface area contributed by atoms with Crippen LogP contribution in [0, 0.1) is 0 Å². The quantitative estimate of drug-likeness (QED) is 0.706. The van der Waals surface area contributed by atoms with E-state index in [1.807, 2.05) is 19.9 Å². The lowest BCUT2D eigenvalue weighted by Crippen LogP contribution is -2.11. The maximum atomic E-state index is 11.6. The van der Waals surface area contributed by atoms with E-state index in [1.165, 1.54) is 0 Å². The van der Waals surface area contributed by atoms with Crippen LogP contribution in [0.5, 0.6) is 0 Å². The summed E-state index contributed by atoms with van der Waals surface area (Å²) in [5.41, 5.74) is 1.33. The number of ether oxygens (including phenoxy) is 1. The molecule has 3 nitrogen and oxygen atoms in total. The number of rotatable bonds is 2. The molecule has 0 spiro atoms. The number of carbonyl (C=O) groups excluding carboxylic acids is 1. The van der Waals surface area contributed by atoms with Gasteiger partial charge in [0, 0.05) is 5.39 Å². The Balaban J connectivity index is 2.31. The number of hydrogen-bond donors (Lipinski definition) is 0. The van der Waals surface area contributed by atoms with Crippen molar-refractivity contribution in [1.82, 2.24) is 0 Å². The molecular weight excluding hydrogens is 192 g/mol. The van der Waals surface area contributed by atoms with Crippen molar-refractivity contribution in [3.8, 4) is 0 Å². The van der Waals surface area contributed by atoms with E-state index < -0.39 is 0 Å². The van der Waals surface area contributed by atoms with Crippen LogP contribution in [0.3, 0.4) is 0 Å². The van der Waals surface area contributed by atoms with Crippen LogP contribution in [0.15, 0.2) is 34.9 Å². The first kappa shape index (κ1) is 9.77. The second-order valence-electron chi connectivity index (χ2n) is 3.63. The summed E-state index contributed by atoms with van der Waals surface area (Å²) < 4.78 is 10.3. The van der Waals surface area contributed by atoms with Crippen LogP contribution < -0.4 is 0 Å². The van der Waals surface area contributed by atoms with Crippen LogP contribution in [0.25, 0.3) is 11.0 Å². The fraction of sp³-hybridized carbons (Fsp3) is 0.250. The van der Waals surface area contributed by atoms with E-state index in [1.54, 1.807) is 24.5 Å². The highest BCUT2D eigenvalue weighted by Crippen LogP contribution is 2.17. The zero-order valence-corrected chi connectivity index (χ0v) is 8.69. The van der Waals surface area contributed by atoms with Gasteiger partial charge in [0.1, 0.15) is 5.58 Å². The molecule has 0 bridgehead atoms. The topological polar surface area (TPSA) is 39.4 Å². The van der Waals surface area contributed by atoms with Crippen LogP contribution in [-0.2, 0) is 4.74 Å². The summed E-state index contributed by atoms with van der Waals surface area (Å²) in [5.74, 6) is -0.298.